The Balaban J connectivity index is 1.45. The first-order valence-corrected chi connectivity index (χ1v) is 9.87. The third kappa shape index (κ3) is 3.55. The predicted molar refractivity (Wildman–Crippen MR) is 114 cm³/mol. The minimum atomic E-state index is -0.0484. The summed E-state index contributed by atoms with van der Waals surface area (Å²) in [4.78, 5) is 24.6. The van der Waals surface area contributed by atoms with Gasteiger partial charge in [-0.3, -0.25) is 4.79 Å². The molecule has 30 heavy (non-hydrogen) atoms. The van der Waals surface area contributed by atoms with E-state index >= 15 is 0 Å². The highest BCUT2D eigenvalue weighted by molar-refractivity contribution is 5.97. The van der Waals surface area contributed by atoms with Gasteiger partial charge in [0.1, 0.15) is 12.4 Å². The van der Waals surface area contributed by atoms with Gasteiger partial charge in [0.2, 0.25) is 0 Å². The predicted octanol–water partition coefficient (Wildman–Crippen LogP) is 4.00. The smallest absolute Gasteiger partial charge is 0.253 e. The number of benzene rings is 2. The van der Waals surface area contributed by atoms with Gasteiger partial charge in [-0.15, -0.1) is 0 Å². The number of para-hydroxylation sites is 1. The molecule has 2 N–H and O–H groups in total. The molecule has 3 heterocycles. The van der Waals surface area contributed by atoms with Crippen LogP contribution in [-0.4, -0.2) is 27.4 Å². The van der Waals surface area contributed by atoms with Crippen molar-refractivity contribution < 1.29 is 9.53 Å². The lowest BCUT2D eigenvalue weighted by molar-refractivity contribution is 0.0946. The maximum absolute atomic E-state index is 12.1. The van der Waals surface area contributed by atoms with Gasteiger partial charge >= 0.3 is 0 Å². The summed E-state index contributed by atoms with van der Waals surface area (Å²) in [5, 5.41) is 2.87. The molecule has 6 nitrogen and oxygen atoms in total. The second kappa shape index (κ2) is 7.83. The highest BCUT2D eigenvalue weighted by Gasteiger charge is 2.20. The molecule has 0 atom stereocenters. The molecule has 0 aliphatic carbocycles. The Kier molecular flexibility index (Phi) is 4.73. The van der Waals surface area contributed by atoms with Gasteiger partial charge in [0.15, 0.2) is 5.82 Å². The minimum Gasteiger partial charge on any atom is -0.488 e. The minimum absolute atomic E-state index is 0.0484. The summed E-state index contributed by atoms with van der Waals surface area (Å²) >= 11 is 0. The van der Waals surface area contributed by atoms with Crippen LogP contribution in [0.5, 0.6) is 5.75 Å². The van der Waals surface area contributed by atoms with Crippen molar-refractivity contribution in [3.05, 3.63) is 89.7 Å². The van der Waals surface area contributed by atoms with E-state index in [9.17, 15) is 4.79 Å². The van der Waals surface area contributed by atoms with Crippen LogP contribution in [0, 0.1) is 0 Å². The number of hydrogen-bond donors (Lipinski definition) is 2. The standard InChI is InChI=1S/C24H20N4O2/c29-24-18-14-21(27-19(18)10-13-26-24)20-11-12-25-23(28-20)17-8-4-5-9-22(17)30-15-16-6-2-1-3-7-16/h1-9,11-12,14,27H,10,13,15H2,(H,26,29). The van der Waals surface area contributed by atoms with Crippen molar-refractivity contribution in [3.63, 3.8) is 0 Å². The van der Waals surface area contributed by atoms with E-state index in [0.717, 1.165) is 40.4 Å². The van der Waals surface area contributed by atoms with Crippen molar-refractivity contribution in [2.24, 2.45) is 0 Å². The molecule has 0 radical (unpaired) electrons. The molecular formula is C24H20N4O2. The number of H-pyrrole nitrogens is 1. The van der Waals surface area contributed by atoms with Crippen molar-refractivity contribution in [1.29, 1.82) is 0 Å². The molecule has 148 valence electrons. The van der Waals surface area contributed by atoms with Crippen LogP contribution >= 0.6 is 0 Å². The molecule has 0 saturated heterocycles. The lowest BCUT2D eigenvalue weighted by atomic mass is 10.1. The van der Waals surface area contributed by atoms with Gasteiger partial charge in [0.25, 0.3) is 5.91 Å². The van der Waals surface area contributed by atoms with E-state index in [1.54, 1.807) is 6.20 Å². The molecule has 2 aromatic carbocycles. The van der Waals surface area contributed by atoms with Gasteiger partial charge < -0.3 is 15.0 Å². The van der Waals surface area contributed by atoms with Crippen molar-refractivity contribution in [3.8, 4) is 28.5 Å². The summed E-state index contributed by atoms with van der Waals surface area (Å²) in [6.07, 6.45) is 2.51. The normalized spacial score (nSPS) is 12.9. The molecule has 2 aromatic heterocycles. The van der Waals surface area contributed by atoms with E-state index in [1.807, 2.05) is 66.7 Å². The fraction of sp³-hybridized carbons (Fsp3) is 0.125. The summed E-state index contributed by atoms with van der Waals surface area (Å²) < 4.78 is 6.06. The monoisotopic (exact) mass is 396 g/mol. The van der Waals surface area contributed by atoms with E-state index in [1.165, 1.54) is 0 Å². The Morgan fingerprint density at radius 1 is 0.967 bits per heavy atom. The van der Waals surface area contributed by atoms with Crippen LogP contribution in [-0.2, 0) is 13.0 Å². The van der Waals surface area contributed by atoms with Crippen molar-refractivity contribution >= 4 is 5.91 Å². The maximum Gasteiger partial charge on any atom is 0.253 e. The Hall–Kier alpha value is -3.93. The largest absolute Gasteiger partial charge is 0.488 e. The third-order valence-electron chi connectivity index (χ3n) is 5.10. The second-order valence-electron chi connectivity index (χ2n) is 7.12. The molecule has 0 bridgehead atoms. The Morgan fingerprint density at radius 3 is 2.67 bits per heavy atom. The molecule has 1 aliphatic rings. The first-order valence-electron chi connectivity index (χ1n) is 9.87. The zero-order valence-corrected chi connectivity index (χ0v) is 16.3. The number of fused-ring (bicyclic) bond motifs is 1. The number of amides is 1. The van der Waals surface area contributed by atoms with Gasteiger partial charge in [-0.25, -0.2) is 9.97 Å². The molecule has 1 amide bonds. The summed E-state index contributed by atoms with van der Waals surface area (Å²) in [6, 6.07) is 21.5. The van der Waals surface area contributed by atoms with E-state index in [4.69, 9.17) is 9.72 Å². The van der Waals surface area contributed by atoms with Crippen LogP contribution in [0.4, 0.5) is 0 Å². The molecule has 4 aromatic rings. The summed E-state index contributed by atoms with van der Waals surface area (Å²) in [6.45, 7) is 1.11. The van der Waals surface area contributed by atoms with Crippen LogP contribution in [0.15, 0.2) is 72.9 Å². The lowest BCUT2D eigenvalue weighted by Gasteiger charge is -2.11. The number of aromatic nitrogens is 3. The van der Waals surface area contributed by atoms with Crippen LogP contribution < -0.4 is 10.1 Å². The number of nitrogens with one attached hydrogen (secondary N) is 2. The van der Waals surface area contributed by atoms with Crippen molar-refractivity contribution in [1.82, 2.24) is 20.3 Å². The van der Waals surface area contributed by atoms with E-state index in [-0.39, 0.29) is 5.91 Å². The van der Waals surface area contributed by atoms with Gasteiger partial charge in [-0.1, -0.05) is 42.5 Å². The number of nitrogens with zero attached hydrogens (tertiary/aromatic N) is 2. The third-order valence-corrected chi connectivity index (χ3v) is 5.10. The van der Waals surface area contributed by atoms with Crippen LogP contribution in [0.1, 0.15) is 21.6 Å². The molecule has 0 spiro atoms. The zero-order valence-electron chi connectivity index (χ0n) is 16.3. The second-order valence-corrected chi connectivity index (χ2v) is 7.12. The van der Waals surface area contributed by atoms with Gasteiger partial charge in [0.05, 0.1) is 22.5 Å². The first kappa shape index (κ1) is 18.1. The quantitative estimate of drug-likeness (QED) is 0.534. The fourth-order valence-corrected chi connectivity index (χ4v) is 3.58. The average molecular weight is 396 g/mol. The molecule has 0 fully saturated rings. The zero-order chi connectivity index (χ0) is 20.3. The Labute approximate surface area is 174 Å². The van der Waals surface area contributed by atoms with E-state index in [0.29, 0.717) is 24.5 Å². The fourth-order valence-electron chi connectivity index (χ4n) is 3.58. The topological polar surface area (TPSA) is 79.9 Å². The molecular weight excluding hydrogens is 376 g/mol. The molecule has 0 unspecified atom stereocenters. The van der Waals surface area contributed by atoms with Crippen molar-refractivity contribution in [2.75, 3.05) is 6.54 Å². The molecule has 0 saturated carbocycles. The maximum atomic E-state index is 12.1. The van der Waals surface area contributed by atoms with E-state index in [2.05, 4.69) is 15.3 Å². The van der Waals surface area contributed by atoms with Crippen LogP contribution in [0.2, 0.25) is 0 Å². The SMILES string of the molecule is O=C1NCCc2[nH]c(-c3ccnc(-c4ccccc4OCc4ccccc4)n3)cc21. The lowest BCUT2D eigenvalue weighted by Crippen LogP contribution is -2.31. The van der Waals surface area contributed by atoms with Gasteiger partial charge in [0, 0.05) is 24.9 Å². The number of aromatic amines is 1. The highest BCUT2D eigenvalue weighted by atomic mass is 16.5. The number of rotatable bonds is 5. The number of ether oxygens (including phenoxy) is 1. The summed E-state index contributed by atoms with van der Waals surface area (Å²) in [5.41, 5.74) is 5.09. The molecule has 1 aliphatic heterocycles. The van der Waals surface area contributed by atoms with Gasteiger partial charge in [-0.2, -0.15) is 0 Å². The first-order chi connectivity index (χ1) is 14.8. The molecule has 5 rings (SSSR count). The molecule has 6 heteroatoms. The Morgan fingerprint density at radius 2 is 1.80 bits per heavy atom. The summed E-state index contributed by atoms with van der Waals surface area (Å²) in [7, 11) is 0. The van der Waals surface area contributed by atoms with E-state index < -0.39 is 0 Å². The number of carbonyl (C=O) groups excluding carboxylic acids is 1. The van der Waals surface area contributed by atoms with Crippen LogP contribution in [0.25, 0.3) is 22.8 Å². The summed E-state index contributed by atoms with van der Waals surface area (Å²) in [5.74, 6) is 1.25. The van der Waals surface area contributed by atoms with Crippen LogP contribution in [0.3, 0.4) is 0 Å². The van der Waals surface area contributed by atoms with Gasteiger partial charge in [-0.05, 0) is 29.8 Å². The highest BCUT2D eigenvalue weighted by Crippen LogP contribution is 2.30. The Bertz CT molecular complexity index is 1200. The number of carbonyl (C=O) groups is 1. The van der Waals surface area contributed by atoms with Crippen molar-refractivity contribution in [2.45, 2.75) is 13.0 Å². The number of hydrogen-bond acceptors (Lipinski definition) is 4. The average Bonchev–Trinajstić information content (AvgIpc) is 3.25.